The molecule has 2 N–H and O–H groups in total. The van der Waals surface area contributed by atoms with Crippen molar-refractivity contribution in [1.82, 2.24) is 0 Å². The van der Waals surface area contributed by atoms with Crippen molar-refractivity contribution in [2.45, 2.75) is 6.92 Å². The van der Waals surface area contributed by atoms with Crippen LogP contribution in [-0.4, -0.2) is 19.0 Å². The van der Waals surface area contributed by atoms with Crippen LogP contribution in [-0.2, 0) is 0 Å². The number of anilines is 1. The van der Waals surface area contributed by atoms with Gasteiger partial charge in [0.15, 0.2) is 17.3 Å². The molecule has 2 aromatic carbocycles. The van der Waals surface area contributed by atoms with E-state index in [1.54, 1.807) is 30.3 Å². The van der Waals surface area contributed by atoms with E-state index in [1.807, 2.05) is 6.92 Å². The third-order valence-corrected chi connectivity index (χ3v) is 3.92. The van der Waals surface area contributed by atoms with Gasteiger partial charge in [-0.25, -0.2) is 0 Å². The standard InChI is InChI=1S/C16H14BrNO3/c1-9-12(7-11(17)8-13(9)18)16(19)10-2-3-14-15(6-10)21-5-4-20-14/h2-3,6-8H,4-5,18H2,1H3. The maximum Gasteiger partial charge on any atom is 0.193 e. The molecule has 0 atom stereocenters. The number of halogens is 1. The minimum absolute atomic E-state index is 0.0857. The van der Waals surface area contributed by atoms with Crippen molar-refractivity contribution in [3.05, 3.63) is 51.5 Å². The fourth-order valence-electron chi connectivity index (χ4n) is 2.28. The number of nitrogen functional groups attached to an aromatic ring is 1. The maximum absolute atomic E-state index is 12.7. The van der Waals surface area contributed by atoms with Crippen molar-refractivity contribution in [1.29, 1.82) is 0 Å². The number of carbonyl (C=O) groups is 1. The van der Waals surface area contributed by atoms with Gasteiger partial charge in [-0.2, -0.15) is 0 Å². The molecule has 0 amide bonds. The van der Waals surface area contributed by atoms with Crippen LogP contribution in [0.25, 0.3) is 0 Å². The molecule has 0 unspecified atom stereocenters. The van der Waals surface area contributed by atoms with E-state index < -0.39 is 0 Å². The topological polar surface area (TPSA) is 61.6 Å². The highest BCUT2D eigenvalue weighted by molar-refractivity contribution is 9.10. The van der Waals surface area contributed by atoms with Gasteiger partial charge in [-0.1, -0.05) is 15.9 Å². The second-order valence-electron chi connectivity index (χ2n) is 4.86. The summed E-state index contributed by atoms with van der Waals surface area (Å²) in [6.45, 7) is 2.86. The molecule has 1 aliphatic rings. The highest BCUT2D eigenvalue weighted by Crippen LogP contribution is 2.32. The SMILES string of the molecule is Cc1c(N)cc(Br)cc1C(=O)c1ccc2c(c1)OCCO2. The van der Waals surface area contributed by atoms with Crippen molar-refractivity contribution >= 4 is 27.4 Å². The number of ketones is 1. The van der Waals surface area contributed by atoms with E-state index in [2.05, 4.69) is 15.9 Å². The summed E-state index contributed by atoms with van der Waals surface area (Å²) in [6, 6.07) is 8.79. The third kappa shape index (κ3) is 2.61. The smallest absolute Gasteiger partial charge is 0.193 e. The molecule has 4 nitrogen and oxygen atoms in total. The van der Waals surface area contributed by atoms with Crippen LogP contribution in [0.2, 0.25) is 0 Å². The van der Waals surface area contributed by atoms with E-state index in [1.165, 1.54) is 0 Å². The number of hydrogen-bond acceptors (Lipinski definition) is 4. The second-order valence-corrected chi connectivity index (χ2v) is 5.77. The van der Waals surface area contributed by atoms with Gasteiger partial charge in [0.1, 0.15) is 13.2 Å². The first-order valence-corrected chi connectivity index (χ1v) is 7.35. The number of benzene rings is 2. The number of nitrogens with two attached hydrogens (primary N) is 1. The van der Waals surface area contributed by atoms with Gasteiger partial charge in [0.05, 0.1) is 0 Å². The van der Waals surface area contributed by atoms with Gasteiger partial charge in [0.2, 0.25) is 0 Å². The van der Waals surface area contributed by atoms with Gasteiger partial charge in [-0.3, -0.25) is 4.79 Å². The summed E-state index contributed by atoms with van der Waals surface area (Å²) < 4.78 is 11.8. The van der Waals surface area contributed by atoms with Crippen molar-refractivity contribution in [3.8, 4) is 11.5 Å². The molecule has 0 saturated heterocycles. The highest BCUT2D eigenvalue weighted by atomic mass is 79.9. The van der Waals surface area contributed by atoms with E-state index >= 15 is 0 Å². The Morgan fingerprint density at radius 3 is 2.62 bits per heavy atom. The fourth-order valence-corrected chi connectivity index (χ4v) is 2.75. The van der Waals surface area contributed by atoms with Crippen LogP contribution in [0.1, 0.15) is 21.5 Å². The lowest BCUT2D eigenvalue weighted by molar-refractivity contribution is 0.103. The second kappa shape index (κ2) is 5.41. The molecule has 21 heavy (non-hydrogen) atoms. The molecular formula is C16H14BrNO3. The predicted octanol–water partition coefficient (Wildman–Crippen LogP) is 3.34. The summed E-state index contributed by atoms with van der Waals surface area (Å²) in [5.74, 6) is 1.19. The average molecular weight is 348 g/mol. The first-order valence-electron chi connectivity index (χ1n) is 6.56. The first-order chi connectivity index (χ1) is 10.1. The number of hydrogen-bond donors (Lipinski definition) is 1. The largest absolute Gasteiger partial charge is 0.486 e. The normalized spacial score (nSPS) is 13.0. The number of rotatable bonds is 2. The van der Waals surface area contributed by atoms with Crippen LogP contribution in [0, 0.1) is 6.92 Å². The minimum Gasteiger partial charge on any atom is -0.486 e. The third-order valence-electron chi connectivity index (χ3n) is 3.46. The van der Waals surface area contributed by atoms with Gasteiger partial charge in [-0.05, 0) is 42.8 Å². The van der Waals surface area contributed by atoms with Crippen LogP contribution in [0.15, 0.2) is 34.8 Å². The molecule has 0 spiro atoms. The fraction of sp³-hybridized carbons (Fsp3) is 0.188. The van der Waals surface area contributed by atoms with Gasteiger partial charge in [0, 0.05) is 21.3 Å². The zero-order valence-corrected chi connectivity index (χ0v) is 13.1. The molecule has 108 valence electrons. The predicted molar refractivity (Wildman–Crippen MR) is 84.2 cm³/mol. The van der Waals surface area contributed by atoms with Crippen LogP contribution >= 0.6 is 15.9 Å². The molecule has 5 heteroatoms. The Bertz CT molecular complexity index is 728. The van der Waals surface area contributed by atoms with Crippen molar-refractivity contribution in [3.63, 3.8) is 0 Å². The Hall–Kier alpha value is -2.01. The Labute approximate surface area is 131 Å². The van der Waals surface area contributed by atoms with E-state index in [9.17, 15) is 4.79 Å². The van der Waals surface area contributed by atoms with E-state index in [4.69, 9.17) is 15.2 Å². The molecule has 0 bridgehead atoms. The molecule has 0 aliphatic carbocycles. The average Bonchev–Trinajstić information content (AvgIpc) is 2.49. The molecule has 0 fully saturated rings. The lowest BCUT2D eigenvalue weighted by Crippen LogP contribution is -2.16. The molecule has 0 saturated carbocycles. The van der Waals surface area contributed by atoms with E-state index in [0.29, 0.717) is 41.5 Å². The summed E-state index contributed by atoms with van der Waals surface area (Å²) in [6.07, 6.45) is 0. The number of carbonyl (C=O) groups excluding carboxylic acids is 1. The number of ether oxygens (including phenoxy) is 2. The van der Waals surface area contributed by atoms with Crippen LogP contribution < -0.4 is 15.2 Å². The van der Waals surface area contributed by atoms with Gasteiger partial charge < -0.3 is 15.2 Å². The molecule has 1 aliphatic heterocycles. The molecule has 0 radical (unpaired) electrons. The zero-order valence-electron chi connectivity index (χ0n) is 11.5. The Morgan fingerprint density at radius 2 is 1.86 bits per heavy atom. The summed E-state index contributed by atoms with van der Waals surface area (Å²) >= 11 is 3.37. The zero-order chi connectivity index (χ0) is 15.0. The van der Waals surface area contributed by atoms with Gasteiger partial charge in [0.25, 0.3) is 0 Å². The van der Waals surface area contributed by atoms with Crippen molar-refractivity contribution < 1.29 is 14.3 Å². The van der Waals surface area contributed by atoms with Crippen LogP contribution in [0.3, 0.4) is 0 Å². The molecule has 3 rings (SSSR count). The minimum atomic E-state index is -0.0857. The molecular weight excluding hydrogens is 334 g/mol. The Morgan fingerprint density at radius 1 is 1.14 bits per heavy atom. The number of fused-ring (bicyclic) bond motifs is 1. The van der Waals surface area contributed by atoms with E-state index in [0.717, 1.165) is 10.0 Å². The molecule has 1 heterocycles. The summed E-state index contributed by atoms with van der Waals surface area (Å²) in [4.78, 5) is 12.7. The van der Waals surface area contributed by atoms with E-state index in [-0.39, 0.29) is 5.78 Å². The Kier molecular flexibility index (Phi) is 3.59. The van der Waals surface area contributed by atoms with Crippen LogP contribution in [0.4, 0.5) is 5.69 Å². The van der Waals surface area contributed by atoms with Gasteiger partial charge in [-0.15, -0.1) is 0 Å². The molecule has 0 aromatic heterocycles. The maximum atomic E-state index is 12.7. The highest BCUT2D eigenvalue weighted by Gasteiger charge is 2.18. The summed E-state index contributed by atoms with van der Waals surface area (Å²) in [5, 5.41) is 0. The summed E-state index contributed by atoms with van der Waals surface area (Å²) in [5.41, 5.74) is 8.42. The van der Waals surface area contributed by atoms with Crippen molar-refractivity contribution in [2.24, 2.45) is 0 Å². The van der Waals surface area contributed by atoms with Gasteiger partial charge >= 0.3 is 0 Å². The lowest BCUT2D eigenvalue weighted by atomic mass is 9.98. The lowest BCUT2D eigenvalue weighted by Gasteiger charge is -2.19. The summed E-state index contributed by atoms with van der Waals surface area (Å²) in [7, 11) is 0. The monoisotopic (exact) mass is 347 g/mol. The van der Waals surface area contributed by atoms with Crippen molar-refractivity contribution in [2.75, 3.05) is 18.9 Å². The quantitative estimate of drug-likeness (QED) is 0.668. The Balaban J connectivity index is 2.03. The van der Waals surface area contributed by atoms with Crippen LogP contribution in [0.5, 0.6) is 11.5 Å². The molecule has 2 aromatic rings. The first kappa shape index (κ1) is 13.9.